The molecule has 0 bridgehead atoms. The first-order valence-corrected chi connectivity index (χ1v) is 9.82. The number of aromatic nitrogens is 2. The Bertz CT molecular complexity index is 771. The van der Waals surface area contributed by atoms with Gasteiger partial charge in [-0.15, -0.1) is 0 Å². The molecule has 3 N–H and O–H groups in total. The molecule has 0 unspecified atom stereocenters. The molecule has 8 heteroatoms. The molecule has 3 atom stereocenters. The van der Waals surface area contributed by atoms with Crippen molar-refractivity contribution in [2.75, 3.05) is 6.61 Å². The number of carbonyl (C=O) groups is 2. The van der Waals surface area contributed by atoms with E-state index in [0.717, 1.165) is 12.2 Å². The van der Waals surface area contributed by atoms with Crippen molar-refractivity contribution < 1.29 is 18.8 Å². The van der Waals surface area contributed by atoms with Crippen LogP contribution in [-0.4, -0.2) is 40.7 Å². The molecule has 1 fully saturated rings. The summed E-state index contributed by atoms with van der Waals surface area (Å²) in [6.45, 7) is 4.81. The van der Waals surface area contributed by atoms with E-state index in [-0.39, 0.29) is 29.9 Å². The first-order valence-electron chi connectivity index (χ1n) is 9.82. The average Bonchev–Trinajstić information content (AvgIpc) is 3.37. The smallest absolute Gasteiger partial charge is 0.253 e. The summed E-state index contributed by atoms with van der Waals surface area (Å²) in [5.74, 6) is 0.438. The summed E-state index contributed by atoms with van der Waals surface area (Å²) in [6.07, 6.45) is 6.08. The highest BCUT2D eigenvalue weighted by atomic mass is 16.5. The van der Waals surface area contributed by atoms with Gasteiger partial charge in [0.1, 0.15) is 11.5 Å². The highest BCUT2D eigenvalue weighted by Crippen LogP contribution is 2.28. The molecule has 0 spiro atoms. The zero-order valence-corrected chi connectivity index (χ0v) is 16.4. The fourth-order valence-corrected chi connectivity index (χ4v) is 3.53. The SMILES string of the molecule is CCCO[C@@H]1C[C@@H](C(=O)NCc2cc(C)on2)CC[C@H]1NC(=O)c1cc[nH]c1. The van der Waals surface area contributed by atoms with Gasteiger partial charge < -0.3 is 24.9 Å². The van der Waals surface area contributed by atoms with Crippen LogP contribution >= 0.6 is 0 Å². The molecule has 0 radical (unpaired) electrons. The molecule has 152 valence electrons. The van der Waals surface area contributed by atoms with E-state index in [1.165, 1.54) is 0 Å². The van der Waals surface area contributed by atoms with Crippen LogP contribution in [0.1, 0.15) is 54.4 Å². The van der Waals surface area contributed by atoms with Crippen LogP contribution in [0.4, 0.5) is 0 Å². The second kappa shape index (κ2) is 9.54. The number of H-pyrrole nitrogens is 1. The van der Waals surface area contributed by atoms with Gasteiger partial charge in [-0.05, 0) is 38.7 Å². The first-order chi connectivity index (χ1) is 13.6. The van der Waals surface area contributed by atoms with Crippen LogP contribution in [0.3, 0.4) is 0 Å². The molecule has 2 heterocycles. The van der Waals surface area contributed by atoms with E-state index in [4.69, 9.17) is 9.26 Å². The van der Waals surface area contributed by atoms with Gasteiger partial charge in [-0.2, -0.15) is 0 Å². The van der Waals surface area contributed by atoms with Crippen molar-refractivity contribution in [3.8, 4) is 0 Å². The lowest BCUT2D eigenvalue weighted by Crippen LogP contribution is -2.50. The Morgan fingerprint density at radius 3 is 2.93 bits per heavy atom. The van der Waals surface area contributed by atoms with E-state index in [1.807, 2.05) is 13.8 Å². The zero-order valence-electron chi connectivity index (χ0n) is 16.4. The molecule has 28 heavy (non-hydrogen) atoms. The summed E-state index contributed by atoms with van der Waals surface area (Å²) >= 11 is 0. The number of amides is 2. The van der Waals surface area contributed by atoms with E-state index < -0.39 is 0 Å². The monoisotopic (exact) mass is 388 g/mol. The van der Waals surface area contributed by atoms with Crippen molar-refractivity contribution in [1.82, 2.24) is 20.8 Å². The minimum Gasteiger partial charge on any atom is -0.376 e. The molecule has 1 aliphatic rings. The van der Waals surface area contributed by atoms with Gasteiger partial charge in [0.05, 0.1) is 24.3 Å². The van der Waals surface area contributed by atoms with E-state index in [9.17, 15) is 9.59 Å². The van der Waals surface area contributed by atoms with Crippen LogP contribution in [0.2, 0.25) is 0 Å². The second-order valence-electron chi connectivity index (χ2n) is 7.25. The predicted octanol–water partition coefficient (Wildman–Crippen LogP) is 2.32. The van der Waals surface area contributed by atoms with Gasteiger partial charge in [0.15, 0.2) is 0 Å². The van der Waals surface area contributed by atoms with E-state index in [1.54, 1.807) is 24.5 Å². The van der Waals surface area contributed by atoms with Crippen LogP contribution in [0.25, 0.3) is 0 Å². The Morgan fingerprint density at radius 2 is 2.25 bits per heavy atom. The van der Waals surface area contributed by atoms with Crippen molar-refractivity contribution in [1.29, 1.82) is 0 Å². The summed E-state index contributed by atoms with van der Waals surface area (Å²) in [5.41, 5.74) is 1.30. The van der Waals surface area contributed by atoms with Crippen molar-refractivity contribution in [3.05, 3.63) is 41.5 Å². The minimum atomic E-state index is -0.179. The Morgan fingerprint density at radius 1 is 1.39 bits per heavy atom. The van der Waals surface area contributed by atoms with Crippen LogP contribution in [0, 0.1) is 12.8 Å². The molecule has 8 nitrogen and oxygen atoms in total. The molecule has 3 rings (SSSR count). The van der Waals surface area contributed by atoms with E-state index in [0.29, 0.717) is 43.7 Å². The van der Waals surface area contributed by atoms with Crippen molar-refractivity contribution in [2.45, 2.75) is 58.2 Å². The molecule has 0 aliphatic heterocycles. The van der Waals surface area contributed by atoms with Crippen LogP contribution in [0.5, 0.6) is 0 Å². The van der Waals surface area contributed by atoms with E-state index >= 15 is 0 Å². The van der Waals surface area contributed by atoms with Gasteiger partial charge in [-0.25, -0.2) is 0 Å². The average molecular weight is 388 g/mol. The normalized spacial score (nSPS) is 22.0. The van der Waals surface area contributed by atoms with Crippen LogP contribution < -0.4 is 10.6 Å². The quantitative estimate of drug-likeness (QED) is 0.643. The molecule has 1 saturated carbocycles. The summed E-state index contributed by atoms with van der Waals surface area (Å²) in [5, 5.41) is 9.88. The van der Waals surface area contributed by atoms with Crippen LogP contribution in [-0.2, 0) is 16.1 Å². The Kier molecular flexibility index (Phi) is 6.86. The number of carbonyl (C=O) groups excluding carboxylic acids is 2. The lowest BCUT2D eigenvalue weighted by Gasteiger charge is -2.35. The second-order valence-corrected chi connectivity index (χ2v) is 7.25. The number of nitrogens with zero attached hydrogens (tertiary/aromatic N) is 1. The summed E-state index contributed by atoms with van der Waals surface area (Å²) < 4.78 is 11.0. The molecule has 2 amide bonds. The number of rotatable bonds is 8. The largest absolute Gasteiger partial charge is 0.376 e. The molecule has 0 aromatic carbocycles. The highest BCUT2D eigenvalue weighted by molar-refractivity contribution is 5.94. The van der Waals surface area contributed by atoms with Crippen molar-refractivity contribution >= 4 is 11.8 Å². The fraction of sp³-hybridized carbons (Fsp3) is 0.550. The molecular formula is C20H28N4O4. The molecule has 1 aliphatic carbocycles. The van der Waals surface area contributed by atoms with Gasteiger partial charge in [-0.3, -0.25) is 9.59 Å². The summed E-state index contributed by atoms with van der Waals surface area (Å²) in [6, 6.07) is 3.44. The molecule has 0 saturated heterocycles. The number of hydrogen-bond donors (Lipinski definition) is 3. The van der Waals surface area contributed by atoms with Gasteiger partial charge in [0.2, 0.25) is 5.91 Å². The number of aryl methyl sites for hydroxylation is 1. The highest BCUT2D eigenvalue weighted by Gasteiger charge is 2.35. The lowest BCUT2D eigenvalue weighted by atomic mass is 9.83. The maximum Gasteiger partial charge on any atom is 0.253 e. The van der Waals surface area contributed by atoms with Crippen LogP contribution in [0.15, 0.2) is 29.0 Å². The molecular weight excluding hydrogens is 360 g/mol. The minimum absolute atomic E-state index is 0.0128. The van der Waals surface area contributed by atoms with Gasteiger partial charge in [0.25, 0.3) is 5.91 Å². The number of hydrogen-bond acceptors (Lipinski definition) is 5. The first kappa shape index (κ1) is 20.1. The Labute approximate surface area is 164 Å². The van der Waals surface area contributed by atoms with Crippen molar-refractivity contribution in [3.63, 3.8) is 0 Å². The van der Waals surface area contributed by atoms with Gasteiger partial charge in [-0.1, -0.05) is 12.1 Å². The maximum atomic E-state index is 12.6. The Balaban J connectivity index is 1.56. The third-order valence-electron chi connectivity index (χ3n) is 5.00. The van der Waals surface area contributed by atoms with Gasteiger partial charge >= 0.3 is 0 Å². The number of nitrogens with one attached hydrogen (secondary N) is 3. The van der Waals surface area contributed by atoms with E-state index in [2.05, 4.69) is 20.8 Å². The fourth-order valence-electron chi connectivity index (χ4n) is 3.53. The summed E-state index contributed by atoms with van der Waals surface area (Å²) in [4.78, 5) is 27.9. The standard InChI is InChI=1S/C20H28N4O4/c1-3-8-27-18-10-14(19(25)22-12-16-9-13(2)28-24-16)4-5-17(18)23-20(26)15-6-7-21-11-15/h6-7,9,11,14,17-18,21H,3-5,8,10,12H2,1-2H3,(H,22,25)(H,23,26)/t14-,17+,18+/m0/s1. The Hall–Kier alpha value is -2.61. The maximum absolute atomic E-state index is 12.6. The molecule has 2 aromatic rings. The third-order valence-corrected chi connectivity index (χ3v) is 5.00. The lowest BCUT2D eigenvalue weighted by molar-refractivity contribution is -0.128. The predicted molar refractivity (Wildman–Crippen MR) is 103 cm³/mol. The third kappa shape index (κ3) is 5.22. The topological polar surface area (TPSA) is 109 Å². The summed E-state index contributed by atoms with van der Waals surface area (Å²) in [7, 11) is 0. The van der Waals surface area contributed by atoms with Crippen molar-refractivity contribution in [2.24, 2.45) is 5.92 Å². The van der Waals surface area contributed by atoms with Gasteiger partial charge in [0, 0.05) is 31.0 Å². The molecule has 2 aromatic heterocycles. The number of ether oxygens (including phenoxy) is 1. The number of aromatic amines is 1. The zero-order chi connectivity index (χ0) is 19.9.